The summed E-state index contributed by atoms with van der Waals surface area (Å²) in [4.78, 5) is 44.0. The van der Waals surface area contributed by atoms with Gasteiger partial charge in [-0.3, -0.25) is 19.3 Å². The van der Waals surface area contributed by atoms with E-state index in [1.54, 1.807) is 23.0 Å². The lowest BCUT2D eigenvalue weighted by Crippen LogP contribution is -2.32. The van der Waals surface area contributed by atoms with Crippen LogP contribution in [0.2, 0.25) is 0 Å². The summed E-state index contributed by atoms with van der Waals surface area (Å²) in [6.45, 7) is 3.82. The molecule has 0 bridgehead atoms. The maximum Gasteiger partial charge on any atom is 0.257 e. The standard InChI is InChI=1S/C27H28N4O5/c1-17(22-8-5-13-36-22)28-27(34)25-21-9-10-30(11-12-31(21)24(32)15-23(25)35-2)16-19-14-18-6-3-4-7-20(18)29-26(19)33/h3-8,13-15,17H,9-12,16H2,1-2H3,(H,28,34)(H,29,33). The second kappa shape index (κ2) is 9.87. The van der Waals surface area contributed by atoms with Crippen molar-refractivity contribution in [3.05, 3.63) is 98.1 Å². The van der Waals surface area contributed by atoms with Crippen LogP contribution in [0.5, 0.6) is 5.75 Å². The van der Waals surface area contributed by atoms with Crippen LogP contribution in [0.25, 0.3) is 10.9 Å². The summed E-state index contributed by atoms with van der Waals surface area (Å²) in [5.41, 5.74) is 2.09. The van der Waals surface area contributed by atoms with Crippen molar-refractivity contribution in [2.24, 2.45) is 0 Å². The minimum atomic E-state index is -0.355. The number of aromatic nitrogens is 2. The number of benzene rings is 1. The Hall–Kier alpha value is -4.11. The van der Waals surface area contributed by atoms with Gasteiger partial charge in [0, 0.05) is 55.4 Å². The Kier molecular flexibility index (Phi) is 6.47. The highest BCUT2D eigenvalue weighted by atomic mass is 16.5. The van der Waals surface area contributed by atoms with E-state index in [1.165, 1.54) is 13.2 Å². The number of hydrogen-bond donors (Lipinski definition) is 2. The number of nitrogens with one attached hydrogen (secondary N) is 2. The zero-order valence-electron chi connectivity index (χ0n) is 20.2. The molecule has 0 fully saturated rings. The molecule has 1 aliphatic rings. The van der Waals surface area contributed by atoms with E-state index < -0.39 is 0 Å². The van der Waals surface area contributed by atoms with Crippen molar-refractivity contribution >= 4 is 16.8 Å². The molecule has 1 amide bonds. The molecule has 186 valence electrons. The number of aromatic amines is 1. The van der Waals surface area contributed by atoms with Gasteiger partial charge in [-0.2, -0.15) is 0 Å². The van der Waals surface area contributed by atoms with Gasteiger partial charge in [0.1, 0.15) is 17.1 Å². The Labute approximate surface area is 207 Å². The lowest BCUT2D eigenvalue weighted by atomic mass is 10.1. The number of carbonyl (C=O) groups is 1. The van der Waals surface area contributed by atoms with Gasteiger partial charge in [-0.1, -0.05) is 18.2 Å². The third kappa shape index (κ3) is 4.57. The highest BCUT2D eigenvalue weighted by Crippen LogP contribution is 2.24. The zero-order chi connectivity index (χ0) is 25.2. The first-order valence-electron chi connectivity index (χ1n) is 11.9. The molecule has 9 heteroatoms. The maximum atomic E-state index is 13.4. The molecule has 0 radical (unpaired) electrons. The van der Waals surface area contributed by atoms with Crippen LogP contribution in [0.3, 0.4) is 0 Å². The van der Waals surface area contributed by atoms with Crippen LogP contribution in [0.1, 0.15) is 40.3 Å². The van der Waals surface area contributed by atoms with Crippen molar-refractivity contribution in [2.75, 3.05) is 20.2 Å². The molecule has 1 unspecified atom stereocenters. The molecule has 0 spiro atoms. The van der Waals surface area contributed by atoms with E-state index in [4.69, 9.17) is 9.15 Å². The summed E-state index contributed by atoms with van der Waals surface area (Å²) in [5, 5.41) is 3.92. The second-order valence-electron chi connectivity index (χ2n) is 8.97. The van der Waals surface area contributed by atoms with Crippen LogP contribution in [0.4, 0.5) is 0 Å². The lowest BCUT2D eigenvalue weighted by Gasteiger charge is -2.19. The summed E-state index contributed by atoms with van der Waals surface area (Å²) in [5.74, 6) is 0.544. The number of furan rings is 1. The summed E-state index contributed by atoms with van der Waals surface area (Å²) >= 11 is 0. The molecule has 36 heavy (non-hydrogen) atoms. The van der Waals surface area contributed by atoms with E-state index in [-0.39, 0.29) is 28.8 Å². The monoisotopic (exact) mass is 488 g/mol. The van der Waals surface area contributed by atoms with Gasteiger partial charge in [0.05, 0.1) is 19.4 Å². The minimum Gasteiger partial charge on any atom is -0.496 e. The van der Waals surface area contributed by atoms with Crippen LogP contribution < -0.4 is 21.2 Å². The summed E-state index contributed by atoms with van der Waals surface area (Å²) in [6.07, 6.45) is 2.01. The largest absolute Gasteiger partial charge is 0.496 e. The molecule has 1 aromatic carbocycles. The van der Waals surface area contributed by atoms with E-state index >= 15 is 0 Å². The van der Waals surface area contributed by atoms with Crippen LogP contribution in [-0.4, -0.2) is 40.6 Å². The quantitative estimate of drug-likeness (QED) is 0.432. The Morgan fingerprint density at radius 1 is 1.14 bits per heavy atom. The third-order valence-electron chi connectivity index (χ3n) is 6.67. The maximum absolute atomic E-state index is 13.4. The average molecular weight is 489 g/mol. The molecular weight excluding hydrogens is 460 g/mol. The van der Waals surface area contributed by atoms with Gasteiger partial charge in [-0.25, -0.2) is 0 Å². The van der Waals surface area contributed by atoms with Gasteiger partial charge in [-0.15, -0.1) is 0 Å². The number of hydrogen-bond acceptors (Lipinski definition) is 6. The molecule has 9 nitrogen and oxygen atoms in total. The first-order chi connectivity index (χ1) is 17.4. The molecule has 1 aliphatic heterocycles. The Balaban J connectivity index is 1.41. The van der Waals surface area contributed by atoms with Crippen LogP contribution in [0, 0.1) is 0 Å². The number of H-pyrrole nitrogens is 1. The van der Waals surface area contributed by atoms with Crippen LogP contribution in [-0.2, 0) is 19.5 Å². The minimum absolute atomic E-state index is 0.124. The van der Waals surface area contributed by atoms with Crippen LogP contribution >= 0.6 is 0 Å². The van der Waals surface area contributed by atoms with Crippen molar-refractivity contribution in [1.29, 1.82) is 0 Å². The fraction of sp³-hybridized carbons (Fsp3) is 0.296. The van der Waals surface area contributed by atoms with Gasteiger partial charge >= 0.3 is 0 Å². The summed E-state index contributed by atoms with van der Waals surface area (Å²) in [6, 6.07) is 14.1. The molecule has 2 N–H and O–H groups in total. The van der Waals surface area contributed by atoms with E-state index in [9.17, 15) is 14.4 Å². The van der Waals surface area contributed by atoms with Gasteiger partial charge < -0.3 is 24.0 Å². The van der Waals surface area contributed by atoms with Crippen LogP contribution in [0.15, 0.2) is 68.8 Å². The van der Waals surface area contributed by atoms with E-state index in [0.717, 1.165) is 10.9 Å². The van der Waals surface area contributed by atoms with Crippen molar-refractivity contribution in [1.82, 2.24) is 19.8 Å². The van der Waals surface area contributed by atoms with Gasteiger partial charge in [0.2, 0.25) is 0 Å². The zero-order valence-corrected chi connectivity index (χ0v) is 20.2. The fourth-order valence-electron chi connectivity index (χ4n) is 4.79. The summed E-state index contributed by atoms with van der Waals surface area (Å²) in [7, 11) is 1.45. The number of rotatable bonds is 6. The molecule has 0 saturated carbocycles. The number of pyridine rings is 2. The molecule has 4 heterocycles. The Bertz CT molecular complexity index is 1520. The first-order valence-corrected chi connectivity index (χ1v) is 11.9. The number of carbonyl (C=O) groups excluding carboxylic acids is 1. The number of methoxy groups -OCH3 is 1. The van der Waals surface area contributed by atoms with E-state index in [2.05, 4.69) is 15.2 Å². The molecule has 5 rings (SSSR count). The predicted octanol–water partition coefficient (Wildman–Crippen LogP) is 2.84. The molecule has 3 aromatic heterocycles. The topological polar surface area (TPSA) is 110 Å². The van der Waals surface area contributed by atoms with Crippen molar-refractivity contribution < 1.29 is 13.9 Å². The van der Waals surface area contributed by atoms with Gasteiger partial charge in [0.15, 0.2) is 0 Å². The lowest BCUT2D eigenvalue weighted by molar-refractivity contribution is 0.0930. The molecular formula is C27H28N4O5. The van der Waals surface area contributed by atoms with Crippen molar-refractivity contribution in [3.63, 3.8) is 0 Å². The van der Waals surface area contributed by atoms with E-state index in [1.807, 2.05) is 37.3 Å². The highest BCUT2D eigenvalue weighted by molar-refractivity contribution is 5.98. The van der Waals surface area contributed by atoms with Gasteiger partial charge in [-0.05, 0) is 36.6 Å². The number of ether oxygens (including phenoxy) is 1. The molecule has 0 aliphatic carbocycles. The van der Waals surface area contributed by atoms with Crippen molar-refractivity contribution in [2.45, 2.75) is 32.5 Å². The molecule has 4 aromatic rings. The average Bonchev–Trinajstić information content (AvgIpc) is 3.33. The summed E-state index contributed by atoms with van der Waals surface area (Å²) < 4.78 is 12.5. The van der Waals surface area contributed by atoms with Gasteiger partial charge in [0.25, 0.3) is 17.0 Å². The number of fused-ring (bicyclic) bond motifs is 2. The fourth-order valence-corrected chi connectivity index (χ4v) is 4.79. The molecule has 0 saturated heterocycles. The van der Waals surface area contributed by atoms with E-state index in [0.29, 0.717) is 55.2 Å². The Morgan fingerprint density at radius 2 is 1.97 bits per heavy atom. The van der Waals surface area contributed by atoms with Crippen molar-refractivity contribution in [3.8, 4) is 5.75 Å². The number of nitrogens with zero attached hydrogens (tertiary/aromatic N) is 2. The third-order valence-corrected chi connectivity index (χ3v) is 6.67. The number of amides is 1. The SMILES string of the molecule is COc1cc(=O)n2c(c1C(=O)NC(C)c1ccco1)CCN(Cc1cc3ccccc3[nH]c1=O)CC2. The predicted molar refractivity (Wildman–Crippen MR) is 135 cm³/mol. The Morgan fingerprint density at radius 3 is 2.75 bits per heavy atom. The first kappa shape index (κ1) is 23.6. The highest BCUT2D eigenvalue weighted by Gasteiger charge is 2.27. The molecule has 1 atom stereocenters. The second-order valence-corrected chi connectivity index (χ2v) is 8.97. The smallest absolute Gasteiger partial charge is 0.257 e. The normalized spacial score (nSPS) is 14.7. The number of para-hydroxylation sites is 1.